The van der Waals surface area contributed by atoms with Crippen molar-refractivity contribution >= 4 is 5.71 Å². The third-order valence-corrected chi connectivity index (χ3v) is 3.52. The van der Waals surface area contributed by atoms with Crippen molar-refractivity contribution in [3.05, 3.63) is 71.3 Å². The zero-order valence-corrected chi connectivity index (χ0v) is 13.9. The number of nitrogens with zero attached hydrogens (tertiary/aromatic N) is 1. The third kappa shape index (κ3) is 4.86. The Bertz CT molecular complexity index is 544. The summed E-state index contributed by atoms with van der Waals surface area (Å²) in [7, 11) is 0. The van der Waals surface area contributed by atoms with Gasteiger partial charge in [-0.3, -0.25) is 4.99 Å². The van der Waals surface area contributed by atoms with Crippen LogP contribution < -0.4 is 0 Å². The zero-order valence-electron chi connectivity index (χ0n) is 13.9. The van der Waals surface area contributed by atoms with E-state index in [9.17, 15) is 0 Å². The van der Waals surface area contributed by atoms with Crippen molar-refractivity contribution in [1.82, 2.24) is 0 Å². The van der Waals surface area contributed by atoms with E-state index in [1.165, 1.54) is 16.7 Å². The van der Waals surface area contributed by atoms with Gasteiger partial charge >= 0.3 is 0 Å². The molecule has 0 aliphatic heterocycles. The molecule has 1 atom stereocenters. The molecule has 1 aliphatic carbocycles. The number of rotatable bonds is 3. The number of aliphatic imine (C=N–C) groups is 1. The summed E-state index contributed by atoms with van der Waals surface area (Å²) in [6.07, 6.45) is 9.59. The lowest BCUT2D eigenvalue weighted by Crippen LogP contribution is -2.13. The van der Waals surface area contributed by atoms with E-state index in [2.05, 4.69) is 69.3 Å². The van der Waals surface area contributed by atoms with Gasteiger partial charge in [-0.1, -0.05) is 68.5 Å². The SMILES string of the molecule is C/C=C(/C)C(=NC1CC=CC=C1C)c1ccccc1.CC. The molecule has 0 saturated carbocycles. The van der Waals surface area contributed by atoms with E-state index >= 15 is 0 Å². The van der Waals surface area contributed by atoms with Crippen molar-refractivity contribution in [3.8, 4) is 0 Å². The highest BCUT2D eigenvalue weighted by Crippen LogP contribution is 2.19. The van der Waals surface area contributed by atoms with Crippen LogP contribution in [0.5, 0.6) is 0 Å². The molecule has 1 aliphatic rings. The minimum Gasteiger partial charge on any atom is -0.276 e. The van der Waals surface area contributed by atoms with Gasteiger partial charge in [0, 0.05) is 0 Å². The van der Waals surface area contributed by atoms with Crippen molar-refractivity contribution < 1.29 is 0 Å². The Hall–Kier alpha value is -1.89. The molecule has 1 aromatic carbocycles. The van der Waals surface area contributed by atoms with E-state index in [4.69, 9.17) is 4.99 Å². The molecule has 21 heavy (non-hydrogen) atoms. The molecule has 0 N–H and O–H groups in total. The average Bonchev–Trinajstić information content (AvgIpc) is 2.56. The van der Waals surface area contributed by atoms with Crippen LogP contribution in [0.2, 0.25) is 0 Å². The number of hydrogen-bond donors (Lipinski definition) is 0. The van der Waals surface area contributed by atoms with Crippen molar-refractivity contribution in [2.24, 2.45) is 4.99 Å². The summed E-state index contributed by atoms with van der Waals surface area (Å²) in [5, 5.41) is 0. The van der Waals surface area contributed by atoms with Gasteiger partial charge in [0.05, 0.1) is 11.8 Å². The molecule has 0 heterocycles. The second kappa shape index (κ2) is 9.12. The van der Waals surface area contributed by atoms with E-state index in [0.29, 0.717) is 0 Å². The molecule has 0 amide bonds. The molecule has 1 nitrogen and oxygen atoms in total. The quantitative estimate of drug-likeness (QED) is 0.626. The molecule has 0 bridgehead atoms. The van der Waals surface area contributed by atoms with Crippen molar-refractivity contribution in [2.45, 2.75) is 47.1 Å². The van der Waals surface area contributed by atoms with E-state index in [-0.39, 0.29) is 6.04 Å². The minimum absolute atomic E-state index is 0.273. The summed E-state index contributed by atoms with van der Waals surface area (Å²) in [5.41, 5.74) is 4.87. The Labute approximate surface area is 129 Å². The van der Waals surface area contributed by atoms with Gasteiger partial charge in [0.1, 0.15) is 0 Å². The summed E-state index contributed by atoms with van der Waals surface area (Å²) in [4.78, 5) is 4.99. The van der Waals surface area contributed by atoms with Crippen LogP contribution in [0.15, 0.2) is 70.8 Å². The van der Waals surface area contributed by atoms with Crippen LogP contribution >= 0.6 is 0 Å². The van der Waals surface area contributed by atoms with Gasteiger partial charge in [-0.15, -0.1) is 0 Å². The second-order valence-corrected chi connectivity index (χ2v) is 4.91. The van der Waals surface area contributed by atoms with Crippen LogP contribution in [-0.2, 0) is 0 Å². The van der Waals surface area contributed by atoms with Crippen LogP contribution in [0, 0.1) is 0 Å². The largest absolute Gasteiger partial charge is 0.276 e. The predicted octanol–water partition coefficient (Wildman–Crippen LogP) is 5.74. The maximum absolute atomic E-state index is 4.99. The maximum atomic E-state index is 4.99. The lowest BCUT2D eigenvalue weighted by molar-refractivity contribution is 0.776. The summed E-state index contributed by atoms with van der Waals surface area (Å²) >= 11 is 0. The van der Waals surface area contributed by atoms with Crippen LogP contribution in [0.3, 0.4) is 0 Å². The van der Waals surface area contributed by atoms with E-state index in [1.54, 1.807) is 0 Å². The van der Waals surface area contributed by atoms with Crippen LogP contribution in [-0.4, -0.2) is 11.8 Å². The minimum atomic E-state index is 0.273. The second-order valence-electron chi connectivity index (χ2n) is 4.91. The zero-order chi connectivity index (χ0) is 15.7. The first-order valence-corrected chi connectivity index (χ1v) is 7.82. The fraction of sp³-hybridized carbons (Fsp3) is 0.350. The van der Waals surface area contributed by atoms with Crippen LogP contribution in [0.4, 0.5) is 0 Å². The molecule has 1 aromatic rings. The highest BCUT2D eigenvalue weighted by Gasteiger charge is 2.13. The van der Waals surface area contributed by atoms with Gasteiger partial charge in [0.25, 0.3) is 0 Å². The topological polar surface area (TPSA) is 12.4 Å². The van der Waals surface area contributed by atoms with Gasteiger partial charge in [0.2, 0.25) is 0 Å². The van der Waals surface area contributed by atoms with Gasteiger partial charge in [-0.2, -0.15) is 0 Å². The number of benzene rings is 1. The lowest BCUT2D eigenvalue weighted by Gasteiger charge is -2.17. The molecule has 1 heteroatoms. The van der Waals surface area contributed by atoms with Crippen molar-refractivity contribution in [1.29, 1.82) is 0 Å². The van der Waals surface area contributed by atoms with Crippen LogP contribution in [0.1, 0.15) is 46.6 Å². The molecule has 0 radical (unpaired) electrons. The maximum Gasteiger partial charge on any atom is 0.0751 e. The summed E-state index contributed by atoms with van der Waals surface area (Å²) in [5.74, 6) is 0. The molecule has 0 saturated heterocycles. The Morgan fingerprint density at radius 3 is 2.43 bits per heavy atom. The lowest BCUT2D eigenvalue weighted by atomic mass is 9.98. The van der Waals surface area contributed by atoms with Crippen molar-refractivity contribution in [3.63, 3.8) is 0 Å². The third-order valence-electron chi connectivity index (χ3n) is 3.52. The van der Waals surface area contributed by atoms with Crippen molar-refractivity contribution in [2.75, 3.05) is 0 Å². The standard InChI is InChI=1S/C18H21N.C2H6/c1-4-14(2)18(16-11-6-5-7-12-16)19-17-13-9-8-10-15(17)3;1-2/h4-12,17H,13H2,1-3H3;1-2H3/b14-4-,19-18?;. The number of hydrogen-bond acceptors (Lipinski definition) is 1. The fourth-order valence-electron chi connectivity index (χ4n) is 2.17. The molecular weight excluding hydrogens is 254 g/mol. The smallest absolute Gasteiger partial charge is 0.0751 e. The fourth-order valence-corrected chi connectivity index (χ4v) is 2.17. The molecule has 1 unspecified atom stereocenters. The molecule has 112 valence electrons. The van der Waals surface area contributed by atoms with E-state index in [1.807, 2.05) is 19.9 Å². The average molecular weight is 281 g/mol. The number of allylic oxidation sites excluding steroid dienone is 4. The summed E-state index contributed by atoms with van der Waals surface area (Å²) in [6.45, 7) is 10.4. The van der Waals surface area contributed by atoms with Gasteiger partial charge in [0.15, 0.2) is 0 Å². The Morgan fingerprint density at radius 2 is 1.86 bits per heavy atom. The highest BCUT2D eigenvalue weighted by molar-refractivity contribution is 6.12. The molecule has 2 rings (SSSR count). The first kappa shape index (κ1) is 17.2. The summed E-state index contributed by atoms with van der Waals surface area (Å²) in [6, 6.07) is 10.7. The Kier molecular flexibility index (Phi) is 7.45. The van der Waals surface area contributed by atoms with Gasteiger partial charge < -0.3 is 0 Å². The predicted molar refractivity (Wildman–Crippen MR) is 95.1 cm³/mol. The van der Waals surface area contributed by atoms with Crippen LogP contribution in [0.25, 0.3) is 0 Å². The molecular formula is C20H27N. The van der Waals surface area contributed by atoms with Gasteiger partial charge in [-0.05, 0) is 43.9 Å². The van der Waals surface area contributed by atoms with Gasteiger partial charge in [-0.25, -0.2) is 0 Å². The molecule has 0 fully saturated rings. The van der Waals surface area contributed by atoms with E-state index < -0.39 is 0 Å². The highest BCUT2D eigenvalue weighted by atomic mass is 14.8. The molecule has 0 spiro atoms. The molecule has 0 aromatic heterocycles. The Morgan fingerprint density at radius 1 is 1.19 bits per heavy atom. The summed E-state index contributed by atoms with van der Waals surface area (Å²) < 4.78 is 0. The first-order valence-electron chi connectivity index (χ1n) is 7.82. The van der Waals surface area contributed by atoms with E-state index in [0.717, 1.165) is 12.1 Å². The first-order chi connectivity index (χ1) is 10.2. The monoisotopic (exact) mass is 281 g/mol. The Balaban J connectivity index is 0.00000106. The normalized spacial score (nSPS) is 18.7.